The Bertz CT molecular complexity index is 1450. The van der Waals surface area contributed by atoms with Gasteiger partial charge in [0.25, 0.3) is 0 Å². The Morgan fingerprint density at radius 1 is 0.917 bits per heavy atom. The van der Waals surface area contributed by atoms with Gasteiger partial charge in [0.1, 0.15) is 23.8 Å². The second-order valence-electron chi connectivity index (χ2n) is 10.4. The summed E-state index contributed by atoms with van der Waals surface area (Å²) in [5, 5.41) is 19.9. The fourth-order valence-electron chi connectivity index (χ4n) is 4.22. The maximum atomic E-state index is 13.8. The van der Waals surface area contributed by atoms with Crippen LogP contribution < -0.4 is 33.6 Å². The first-order chi connectivity index (χ1) is 22.4. The maximum absolute atomic E-state index is 13.8. The second kappa shape index (κ2) is 19.1. The number of hydrogen-bond acceptors (Lipinski definition) is 7. The molecule has 18 heteroatoms. The molecule has 3 atom stereocenters. The molecule has 0 heterocycles. The number of carboxylic acid groups (broad SMARTS) is 1. The van der Waals surface area contributed by atoms with E-state index in [4.69, 9.17) is 38.2 Å². The van der Waals surface area contributed by atoms with Crippen molar-refractivity contribution in [1.29, 1.82) is 5.41 Å². The van der Waals surface area contributed by atoms with Crippen LogP contribution in [-0.2, 0) is 36.8 Å². The Hall–Kier alpha value is -5.68. The highest BCUT2D eigenvalue weighted by Gasteiger charge is 2.38. The van der Waals surface area contributed by atoms with Crippen LogP contribution in [0.15, 0.2) is 59.6 Å². The number of likely N-dealkylation sites (N-methyl/N-ethyl adjacent to an activating group) is 1. The van der Waals surface area contributed by atoms with Gasteiger partial charge in [-0.05, 0) is 30.4 Å². The number of benzene rings is 2. The van der Waals surface area contributed by atoms with Crippen LogP contribution in [0.3, 0.4) is 0 Å². The van der Waals surface area contributed by atoms with E-state index in [0.29, 0.717) is 17.5 Å². The number of carboxylic acids is 1. The zero-order valence-corrected chi connectivity index (χ0v) is 26.3. The molecule has 2 rings (SSSR count). The molecule has 0 saturated carbocycles. The summed E-state index contributed by atoms with van der Waals surface area (Å²) in [7, 11) is 2.87. The van der Waals surface area contributed by atoms with E-state index < -0.39 is 53.8 Å². The van der Waals surface area contributed by atoms with E-state index in [1.54, 1.807) is 36.4 Å². The molecule has 0 aliphatic carbocycles. The van der Waals surface area contributed by atoms with Gasteiger partial charge in [0, 0.05) is 32.6 Å². The summed E-state index contributed by atoms with van der Waals surface area (Å²) in [6, 6.07) is 13.6. The van der Waals surface area contributed by atoms with E-state index in [9.17, 15) is 32.3 Å². The fourth-order valence-corrected chi connectivity index (χ4v) is 4.22. The lowest BCUT2D eigenvalue weighted by Gasteiger charge is -2.31. The first-order valence-corrected chi connectivity index (χ1v) is 14.3. The Labute approximate surface area is 274 Å². The number of aliphatic imine (C=N–C) groups is 1. The molecule has 2 aromatic carbocycles. The molecule has 15 nitrogen and oxygen atoms in total. The number of halogens is 3. The molecule has 262 valence electrons. The number of guanidine groups is 1. The number of amides is 4. The number of rotatable bonds is 15. The number of carbonyl (C=O) groups is 5. The predicted octanol–water partition coefficient (Wildman–Crippen LogP) is -0.398. The molecule has 0 aliphatic heterocycles. The molecule has 12 N–H and O–H groups in total. The van der Waals surface area contributed by atoms with Gasteiger partial charge in [0.2, 0.25) is 23.6 Å². The molecule has 0 spiro atoms. The number of aliphatic carboxylic acids is 1. The number of primary amides is 1. The first-order valence-electron chi connectivity index (χ1n) is 14.3. The lowest BCUT2D eigenvalue weighted by atomic mass is 9.94. The third-order valence-corrected chi connectivity index (χ3v) is 6.80. The normalized spacial score (nSPS) is 12.5. The zero-order chi connectivity index (χ0) is 36.6. The van der Waals surface area contributed by atoms with Crippen LogP contribution in [-0.4, -0.2) is 90.3 Å². The molecule has 1 unspecified atom stereocenters. The van der Waals surface area contributed by atoms with E-state index >= 15 is 0 Å². The number of carbonyl (C=O) groups excluding carboxylic acids is 4. The van der Waals surface area contributed by atoms with Gasteiger partial charge in [-0.3, -0.25) is 29.6 Å². The standard InChI is InChI=1S/C28H39N9O4.C2HF3O2/c1-34-25(39)20(15-18-10-12-19(13-11-18)23(29)30)27(41)37(2)22(16-17-7-4-3-5-8-17)26(40)36-21(24(31)38)9-6-14-35-28(32)33;3-2(4,5)1(6)7/h3-5,7-8,10-13,20-22H,6,9,14-16H2,1-2H3,(H3,29,30)(H2,31,38)(H,34,39)(H,36,40)(H4,32,33,35);(H,6,7)/t20?,21-,22-;/m0./s1. The number of nitrogens with one attached hydrogen (secondary N) is 3. The highest BCUT2D eigenvalue weighted by atomic mass is 19.4. The molecule has 48 heavy (non-hydrogen) atoms. The van der Waals surface area contributed by atoms with Gasteiger partial charge in [-0.25, -0.2) is 4.79 Å². The van der Waals surface area contributed by atoms with Crippen molar-refractivity contribution < 1.29 is 42.3 Å². The molecule has 0 aliphatic rings. The quantitative estimate of drug-likeness (QED) is 0.0526. The minimum atomic E-state index is -5.08. The summed E-state index contributed by atoms with van der Waals surface area (Å²) in [5.74, 6) is -6.54. The Balaban J connectivity index is 0.00000148. The lowest BCUT2D eigenvalue weighted by Crippen LogP contribution is -2.56. The molecule has 0 fully saturated rings. The molecule has 0 saturated heterocycles. The van der Waals surface area contributed by atoms with Gasteiger partial charge < -0.3 is 43.6 Å². The lowest BCUT2D eigenvalue weighted by molar-refractivity contribution is -0.192. The monoisotopic (exact) mass is 679 g/mol. The van der Waals surface area contributed by atoms with Gasteiger partial charge in [-0.1, -0.05) is 54.6 Å². The fraction of sp³-hybridized carbons (Fsp3) is 0.367. The second-order valence-corrected chi connectivity index (χ2v) is 10.4. The summed E-state index contributed by atoms with van der Waals surface area (Å²) in [6.45, 7) is 0.245. The van der Waals surface area contributed by atoms with Crippen LogP contribution >= 0.6 is 0 Å². The van der Waals surface area contributed by atoms with E-state index in [1.165, 1.54) is 19.0 Å². The van der Waals surface area contributed by atoms with Crippen molar-refractivity contribution in [2.45, 2.75) is 43.9 Å². The van der Waals surface area contributed by atoms with Gasteiger partial charge in [-0.15, -0.1) is 0 Å². The number of hydrogen-bond donors (Lipinski definition) is 8. The predicted molar refractivity (Wildman–Crippen MR) is 170 cm³/mol. The van der Waals surface area contributed by atoms with Crippen molar-refractivity contribution in [1.82, 2.24) is 15.5 Å². The number of nitrogens with zero attached hydrogens (tertiary/aromatic N) is 2. The number of alkyl halides is 3. The molecule has 0 aromatic heterocycles. The third-order valence-electron chi connectivity index (χ3n) is 6.80. The summed E-state index contributed by atoms with van der Waals surface area (Å²) in [5.41, 5.74) is 23.7. The van der Waals surface area contributed by atoms with Crippen LogP contribution in [0.2, 0.25) is 0 Å². The van der Waals surface area contributed by atoms with Gasteiger partial charge in [-0.2, -0.15) is 13.2 Å². The molecular weight excluding hydrogens is 639 g/mol. The van der Waals surface area contributed by atoms with E-state index in [1.807, 2.05) is 18.2 Å². The van der Waals surface area contributed by atoms with Crippen LogP contribution in [0.4, 0.5) is 13.2 Å². The Kier molecular flexibility index (Phi) is 16.0. The van der Waals surface area contributed by atoms with Crippen molar-refractivity contribution in [3.63, 3.8) is 0 Å². The summed E-state index contributed by atoms with van der Waals surface area (Å²) in [6.07, 6.45) is -4.34. The average Bonchev–Trinajstić information content (AvgIpc) is 3.03. The molecule has 0 bridgehead atoms. The van der Waals surface area contributed by atoms with Crippen molar-refractivity contribution in [3.05, 3.63) is 71.3 Å². The van der Waals surface area contributed by atoms with E-state index in [0.717, 1.165) is 5.56 Å². The highest BCUT2D eigenvalue weighted by molar-refractivity contribution is 6.02. The Morgan fingerprint density at radius 3 is 1.92 bits per heavy atom. The third kappa shape index (κ3) is 13.8. The highest BCUT2D eigenvalue weighted by Crippen LogP contribution is 2.18. The summed E-state index contributed by atoms with van der Waals surface area (Å²) in [4.78, 5) is 66.3. The molecular formula is C30H40F3N9O6. The first kappa shape index (κ1) is 40.3. The van der Waals surface area contributed by atoms with E-state index in [2.05, 4.69) is 15.6 Å². The van der Waals surface area contributed by atoms with Gasteiger partial charge in [0.05, 0.1) is 0 Å². The van der Waals surface area contributed by atoms with Crippen molar-refractivity contribution in [2.24, 2.45) is 33.8 Å². The molecule has 2 aromatic rings. The SMILES string of the molecule is CNC(=O)C(Cc1ccc(C(=N)N)cc1)C(=O)N(C)[C@@H](Cc1ccccc1)C(=O)N[C@@H](CCCN=C(N)N)C(N)=O.O=C(O)C(F)(F)F. The summed E-state index contributed by atoms with van der Waals surface area (Å²) < 4.78 is 31.7. The van der Waals surface area contributed by atoms with Crippen molar-refractivity contribution in [3.8, 4) is 0 Å². The summed E-state index contributed by atoms with van der Waals surface area (Å²) >= 11 is 0. The number of amidine groups is 1. The number of nitrogen functional groups attached to an aromatic ring is 1. The molecule has 4 amide bonds. The molecule has 0 radical (unpaired) electrons. The van der Waals surface area contributed by atoms with Gasteiger partial charge in [0.15, 0.2) is 5.96 Å². The van der Waals surface area contributed by atoms with Crippen LogP contribution in [0.25, 0.3) is 0 Å². The minimum absolute atomic E-state index is 0.0510. The minimum Gasteiger partial charge on any atom is -0.475 e. The van der Waals surface area contributed by atoms with Crippen LogP contribution in [0.1, 0.15) is 29.5 Å². The van der Waals surface area contributed by atoms with Gasteiger partial charge >= 0.3 is 12.1 Å². The van der Waals surface area contributed by atoms with Crippen LogP contribution in [0.5, 0.6) is 0 Å². The number of nitrogens with two attached hydrogens (primary N) is 4. The maximum Gasteiger partial charge on any atom is 0.490 e. The van der Waals surface area contributed by atoms with Crippen molar-refractivity contribution >= 4 is 41.4 Å². The topological polar surface area (TPSA) is 273 Å². The zero-order valence-electron chi connectivity index (χ0n) is 26.3. The smallest absolute Gasteiger partial charge is 0.475 e. The largest absolute Gasteiger partial charge is 0.490 e. The van der Waals surface area contributed by atoms with Crippen molar-refractivity contribution in [2.75, 3.05) is 20.6 Å². The average molecular weight is 680 g/mol. The Morgan fingerprint density at radius 2 is 1.46 bits per heavy atom. The van der Waals surface area contributed by atoms with E-state index in [-0.39, 0.29) is 37.6 Å². The van der Waals surface area contributed by atoms with Crippen LogP contribution in [0, 0.1) is 11.3 Å².